The van der Waals surface area contributed by atoms with E-state index in [-0.39, 0.29) is 18.1 Å². The Bertz CT molecular complexity index is 832. The molecule has 0 spiro atoms. The van der Waals surface area contributed by atoms with E-state index in [1.807, 2.05) is 18.2 Å². The third kappa shape index (κ3) is 3.60. The Kier molecular flexibility index (Phi) is 4.44. The van der Waals surface area contributed by atoms with Crippen LogP contribution in [0.1, 0.15) is 10.4 Å². The minimum absolute atomic E-state index is 0.109. The molecule has 0 radical (unpaired) electrons. The Morgan fingerprint density at radius 2 is 1.83 bits per heavy atom. The molecule has 0 atom stereocenters. The third-order valence-electron chi connectivity index (χ3n) is 3.41. The normalized spacial score (nSPS) is 10.5. The number of nitrogens with zero attached hydrogens (tertiary/aromatic N) is 2. The van der Waals surface area contributed by atoms with Crippen LogP contribution >= 0.6 is 11.6 Å². The fourth-order valence-electron chi connectivity index (χ4n) is 2.20. The molecule has 0 saturated heterocycles. The van der Waals surface area contributed by atoms with Gasteiger partial charge in [0.2, 0.25) is 5.78 Å². The predicted octanol–water partition coefficient (Wildman–Crippen LogP) is 3.71. The highest BCUT2D eigenvalue weighted by atomic mass is 35.5. The number of hydrogen-bond acceptors (Lipinski definition) is 2. The summed E-state index contributed by atoms with van der Waals surface area (Å²) >= 11 is 6.14. The molecule has 0 N–H and O–H groups in total. The number of Topliss-reactive ketones (excluding diaryl/α,β-unsaturated/α-hetero) is 1. The Hall–Kier alpha value is -2.59. The molecule has 1 heterocycles. The van der Waals surface area contributed by atoms with Crippen LogP contribution in [0.25, 0.3) is 11.3 Å². The fraction of sp³-hybridized carbons (Fsp3) is 0.0556. The van der Waals surface area contributed by atoms with E-state index in [2.05, 4.69) is 4.98 Å². The van der Waals surface area contributed by atoms with Gasteiger partial charge in [0.05, 0.1) is 11.2 Å². The van der Waals surface area contributed by atoms with Gasteiger partial charge in [-0.05, 0) is 41.4 Å². The van der Waals surface area contributed by atoms with E-state index < -0.39 is 0 Å². The summed E-state index contributed by atoms with van der Waals surface area (Å²) in [5.41, 5.74) is 2.04. The van der Waals surface area contributed by atoms with Gasteiger partial charge < -0.3 is 0 Å². The number of hydrogen-bond donors (Lipinski definition) is 0. The van der Waals surface area contributed by atoms with Gasteiger partial charge in [-0.1, -0.05) is 23.7 Å². The molecule has 23 heavy (non-hydrogen) atoms. The maximum Gasteiger partial charge on any atom is 0.287 e. The fourth-order valence-corrected chi connectivity index (χ4v) is 2.43. The van der Waals surface area contributed by atoms with Gasteiger partial charge in [0.15, 0.2) is 12.2 Å². The van der Waals surface area contributed by atoms with Gasteiger partial charge in [0.1, 0.15) is 5.82 Å². The summed E-state index contributed by atoms with van der Waals surface area (Å²) < 4.78 is 14.6. The van der Waals surface area contributed by atoms with Crippen molar-refractivity contribution >= 4 is 17.4 Å². The zero-order valence-corrected chi connectivity index (χ0v) is 12.9. The molecule has 1 aromatic heterocycles. The smallest absolute Gasteiger partial charge is 0.287 e. The first-order chi connectivity index (χ1) is 11.1. The van der Waals surface area contributed by atoms with E-state index >= 15 is 0 Å². The third-order valence-corrected chi connectivity index (χ3v) is 3.74. The number of ketones is 1. The highest BCUT2D eigenvalue weighted by Crippen LogP contribution is 2.24. The van der Waals surface area contributed by atoms with Crippen LogP contribution in [0.2, 0.25) is 5.02 Å². The zero-order valence-electron chi connectivity index (χ0n) is 12.1. The summed E-state index contributed by atoms with van der Waals surface area (Å²) in [5, 5.41) is 0.625. The first kappa shape index (κ1) is 15.3. The Labute approximate surface area is 138 Å². The predicted molar refractivity (Wildman–Crippen MR) is 85.6 cm³/mol. The average molecular weight is 328 g/mol. The summed E-state index contributed by atoms with van der Waals surface area (Å²) in [5.74, 6) is -0.470. The molecule has 0 aliphatic carbocycles. The van der Waals surface area contributed by atoms with E-state index in [1.54, 1.807) is 29.2 Å². The first-order valence-corrected chi connectivity index (χ1v) is 7.40. The van der Waals surface area contributed by atoms with Crippen LogP contribution in [-0.2, 0) is 6.54 Å². The van der Waals surface area contributed by atoms with Gasteiger partial charge >= 0.3 is 0 Å². The average Bonchev–Trinajstić information content (AvgIpc) is 2.57. The lowest BCUT2D eigenvalue weighted by Crippen LogP contribution is -2.37. The second-order valence-corrected chi connectivity index (χ2v) is 5.43. The summed E-state index contributed by atoms with van der Waals surface area (Å²) in [7, 11) is 0. The van der Waals surface area contributed by atoms with Crippen LogP contribution in [-0.4, -0.2) is 10.8 Å². The second-order valence-electron chi connectivity index (χ2n) is 5.03. The van der Waals surface area contributed by atoms with Crippen molar-refractivity contribution in [2.24, 2.45) is 0 Å². The molecule has 3 nitrogen and oxygen atoms in total. The minimum Gasteiger partial charge on any atom is -0.290 e. The topological polar surface area (TPSA) is 33.8 Å². The molecule has 0 aliphatic heterocycles. The van der Waals surface area contributed by atoms with E-state index in [1.165, 1.54) is 24.3 Å². The molecular weight excluding hydrogens is 315 g/mol. The molecule has 0 saturated carbocycles. The molecule has 114 valence electrons. The highest BCUT2D eigenvalue weighted by molar-refractivity contribution is 6.33. The van der Waals surface area contributed by atoms with Crippen LogP contribution < -0.4 is 4.57 Å². The molecule has 0 unspecified atom stereocenters. The summed E-state index contributed by atoms with van der Waals surface area (Å²) in [6.07, 6.45) is 3.35. The lowest BCUT2D eigenvalue weighted by atomic mass is 10.1. The van der Waals surface area contributed by atoms with Crippen molar-refractivity contribution in [1.29, 1.82) is 0 Å². The maximum absolute atomic E-state index is 12.9. The van der Waals surface area contributed by atoms with Gasteiger partial charge in [-0.2, -0.15) is 0 Å². The second kappa shape index (κ2) is 6.67. The van der Waals surface area contributed by atoms with Crippen molar-refractivity contribution < 1.29 is 13.8 Å². The number of aromatic nitrogens is 2. The van der Waals surface area contributed by atoms with Crippen LogP contribution in [0.3, 0.4) is 0 Å². The minimum atomic E-state index is -0.361. The lowest BCUT2D eigenvalue weighted by Gasteiger charge is -2.02. The molecule has 2 aromatic carbocycles. The van der Waals surface area contributed by atoms with Crippen molar-refractivity contribution in [2.75, 3.05) is 0 Å². The van der Waals surface area contributed by atoms with E-state index in [4.69, 9.17) is 11.6 Å². The van der Waals surface area contributed by atoms with Gasteiger partial charge in [0.25, 0.3) is 6.33 Å². The van der Waals surface area contributed by atoms with E-state index in [0.717, 1.165) is 11.3 Å². The monoisotopic (exact) mass is 327 g/mol. The van der Waals surface area contributed by atoms with Crippen LogP contribution in [0.5, 0.6) is 0 Å². The molecule has 3 aromatic rings. The van der Waals surface area contributed by atoms with Gasteiger partial charge in [-0.3, -0.25) is 4.79 Å². The summed E-state index contributed by atoms with van der Waals surface area (Å²) in [4.78, 5) is 16.5. The van der Waals surface area contributed by atoms with Crippen molar-refractivity contribution in [3.8, 4) is 11.3 Å². The molecule has 3 rings (SSSR count). The van der Waals surface area contributed by atoms with E-state index in [0.29, 0.717) is 10.6 Å². The maximum atomic E-state index is 12.9. The molecule has 0 bridgehead atoms. The molecule has 5 heteroatoms. The summed E-state index contributed by atoms with van der Waals surface area (Å²) in [6.45, 7) is 0.140. The first-order valence-electron chi connectivity index (χ1n) is 7.02. The molecule has 0 aliphatic rings. The van der Waals surface area contributed by atoms with Crippen molar-refractivity contribution in [3.63, 3.8) is 0 Å². The Balaban J connectivity index is 1.76. The molecular formula is C18H13ClFN2O+. The molecule has 0 fully saturated rings. The van der Waals surface area contributed by atoms with E-state index in [9.17, 15) is 9.18 Å². The standard InChI is InChI=1S/C18H13ClFN2O/c19-16-4-2-1-3-15(16)17-9-10-22(12-21-17)11-18(23)13-5-7-14(20)8-6-13/h1-10,12H,11H2/q+1. The van der Waals surface area contributed by atoms with Gasteiger partial charge in [0, 0.05) is 17.2 Å². The number of halogens is 2. The van der Waals surface area contributed by atoms with Crippen LogP contribution in [0.4, 0.5) is 4.39 Å². The van der Waals surface area contributed by atoms with Crippen molar-refractivity contribution in [2.45, 2.75) is 6.54 Å². The van der Waals surface area contributed by atoms with Gasteiger partial charge in [-0.25, -0.2) is 8.96 Å². The van der Waals surface area contributed by atoms with Crippen molar-refractivity contribution in [1.82, 2.24) is 4.98 Å². The highest BCUT2D eigenvalue weighted by Gasteiger charge is 2.13. The van der Waals surface area contributed by atoms with Gasteiger partial charge in [-0.15, -0.1) is 0 Å². The lowest BCUT2D eigenvalue weighted by molar-refractivity contribution is -0.686. The number of carbonyl (C=O) groups is 1. The zero-order chi connectivity index (χ0) is 16.2. The Morgan fingerprint density at radius 3 is 2.48 bits per heavy atom. The van der Waals surface area contributed by atoms with Crippen LogP contribution in [0.15, 0.2) is 67.1 Å². The Morgan fingerprint density at radius 1 is 1.09 bits per heavy atom. The quantitative estimate of drug-likeness (QED) is 0.540. The number of carbonyl (C=O) groups excluding carboxylic acids is 1. The summed E-state index contributed by atoms with van der Waals surface area (Å²) in [6, 6.07) is 14.7. The number of rotatable bonds is 4. The molecule has 0 amide bonds. The largest absolute Gasteiger partial charge is 0.290 e. The van der Waals surface area contributed by atoms with Crippen LogP contribution in [0, 0.1) is 5.82 Å². The van der Waals surface area contributed by atoms with Crippen molar-refractivity contribution in [3.05, 3.63) is 83.5 Å². The SMILES string of the molecule is O=C(C[n+]1ccc(-c2ccccc2Cl)nc1)c1ccc(F)cc1. The number of benzene rings is 2.